The summed E-state index contributed by atoms with van der Waals surface area (Å²) in [6.45, 7) is 0. The standard InChI is InChI=1S/C14H12ClN5O/c1-21-10-4-2-9(3-5-10)11-8-13(20-19-11)17-12-6-7-16-14(15)18-12/h2-8H,1H3,(H2,16,17,18,19,20). The summed E-state index contributed by atoms with van der Waals surface area (Å²) in [5.74, 6) is 2.05. The molecule has 0 spiro atoms. The Hall–Kier alpha value is -2.60. The Morgan fingerprint density at radius 1 is 1.14 bits per heavy atom. The van der Waals surface area contributed by atoms with Gasteiger partial charge in [-0.15, -0.1) is 0 Å². The van der Waals surface area contributed by atoms with Gasteiger partial charge in [0.25, 0.3) is 0 Å². The number of nitrogens with one attached hydrogen (secondary N) is 2. The third-order valence-electron chi connectivity index (χ3n) is 2.86. The van der Waals surface area contributed by atoms with Crippen molar-refractivity contribution in [2.24, 2.45) is 0 Å². The number of nitrogens with zero attached hydrogens (tertiary/aromatic N) is 3. The molecule has 3 rings (SSSR count). The van der Waals surface area contributed by atoms with Gasteiger partial charge in [-0.25, -0.2) is 9.97 Å². The number of aromatic nitrogens is 4. The molecule has 0 radical (unpaired) electrons. The lowest BCUT2D eigenvalue weighted by Gasteiger charge is -2.01. The Bertz CT molecular complexity index is 741. The van der Waals surface area contributed by atoms with Crippen LogP contribution in [0.4, 0.5) is 11.6 Å². The largest absolute Gasteiger partial charge is 0.497 e. The first kappa shape index (κ1) is 13.4. The van der Waals surface area contributed by atoms with E-state index in [4.69, 9.17) is 16.3 Å². The lowest BCUT2D eigenvalue weighted by molar-refractivity contribution is 0.415. The SMILES string of the molecule is COc1ccc(-c2cc(Nc3ccnc(Cl)n3)n[nH]2)cc1. The zero-order valence-corrected chi connectivity index (χ0v) is 11.9. The number of H-pyrrole nitrogens is 1. The maximum absolute atomic E-state index is 5.74. The van der Waals surface area contributed by atoms with Crippen LogP contribution in [-0.4, -0.2) is 27.3 Å². The number of hydrogen-bond acceptors (Lipinski definition) is 5. The molecule has 0 fully saturated rings. The van der Waals surface area contributed by atoms with Crippen molar-refractivity contribution in [3.05, 3.63) is 47.9 Å². The average molecular weight is 302 g/mol. The molecule has 0 atom stereocenters. The number of methoxy groups -OCH3 is 1. The molecule has 0 aliphatic carbocycles. The summed E-state index contributed by atoms with van der Waals surface area (Å²) in [5, 5.41) is 10.4. The van der Waals surface area contributed by atoms with Crippen molar-refractivity contribution in [2.75, 3.05) is 12.4 Å². The molecule has 2 heterocycles. The molecule has 1 aromatic carbocycles. The Kier molecular flexibility index (Phi) is 3.70. The van der Waals surface area contributed by atoms with Crippen LogP contribution in [-0.2, 0) is 0 Å². The molecular formula is C14H12ClN5O. The van der Waals surface area contributed by atoms with E-state index in [9.17, 15) is 0 Å². The fourth-order valence-electron chi connectivity index (χ4n) is 1.84. The van der Waals surface area contributed by atoms with Gasteiger partial charge < -0.3 is 10.1 Å². The van der Waals surface area contributed by atoms with Crippen molar-refractivity contribution in [2.45, 2.75) is 0 Å². The van der Waals surface area contributed by atoms with Gasteiger partial charge in [0.15, 0.2) is 5.82 Å². The van der Waals surface area contributed by atoms with E-state index in [0.717, 1.165) is 17.0 Å². The summed E-state index contributed by atoms with van der Waals surface area (Å²) in [4.78, 5) is 7.87. The molecule has 0 aliphatic rings. The molecule has 0 saturated heterocycles. The monoisotopic (exact) mass is 301 g/mol. The lowest BCUT2D eigenvalue weighted by Crippen LogP contribution is -1.94. The highest BCUT2D eigenvalue weighted by molar-refractivity contribution is 6.28. The zero-order valence-electron chi connectivity index (χ0n) is 11.2. The molecule has 0 saturated carbocycles. The van der Waals surface area contributed by atoms with E-state index < -0.39 is 0 Å². The first-order valence-electron chi connectivity index (χ1n) is 6.20. The van der Waals surface area contributed by atoms with Gasteiger partial charge in [-0.3, -0.25) is 5.10 Å². The number of halogens is 1. The smallest absolute Gasteiger partial charge is 0.224 e. The Morgan fingerprint density at radius 2 is 1.95 bits per heavy atom. The average Bonchev–Trinajstić information content (AvgIpc) is 2.96. The summed E-state index contributed by atoms with van der Waals surface area (Å²) >= 11 is 5.74. The zero-order chi connectivity index (χ0) is 14.7. The molecule has 7 heteroatoms. The Balaban J connectivity index is 1.79. The van der Waals surface area contributed by atoms with Crippen molar-refractivity contribution in [1.82, 2.24) is 20.2 Å². The molecule has 0 amide bonds. The van der Waals surface area contributed by atoms with E-state index in [1.165, 1.54) is 0 Å². The molecule has 0 unspecified atom stereocenters. The van der Waals surface area contributed by atoms with E-state index >= 15 is 0 Å². The number of anilines is 2. The molecule has 0 aliphatic heterocycles. The van der Waals surface area contributed by atoms with Gasteiger partial charge in [-0.05, 0) is 47.5 Å². The minimum Gasteiger partial charge on any atom is -0.497 e. The van der Waals surface area contributed by atoms with Crippen molar-refractivity contribution in [1.29, 1.82) is 0 Å². The van der Waals surface area contributed by atoms with Crippen LogP contribution in [0.1, 0.15) is 0 Å². The van der Waals surface area contributed by atoms with E-state index in [1.54, 1.807) is 19.4 Å². The number of benzene rings is 1. The first-order valence-corrected chi connectivity index (χ1v) is 6.58. The third-order valence-corrected chi connectivity index (χ3v) is 3.04. The highest BCUT2D eigenvalue weighted by atomic mass is 35.5. The summed E-state index contributed by atoms with van der Waals surface area (Å²) in [6, 6.07) is 11.3. The Morgan fingerprint density at radius 3 is 2.67 bits per heavy atom. The van der Waals surface area contributed by atoms with Crippen molar-refractivity contribution < 1.29 is 4.74 Å². The molecule has 21 heavy (non-hydrogen) atoms. The van der Waals surface area contributed by atoms with E-state index in [1.807, 2.05) is 30.3 Å². The van der Waals surface area contributed by atoms with Gasteiger partial charge in [0.2, 0.25) is 5.28 Å². The molecule has 0 bridgehead atoms. The van der Waals surface area contributed by atoms with Gasteiger partial charge in [-0.1, -0.05) is 0 Å². The van der Waals surface area contributed by atoms with Gasteiger partial charge in [0, 0.05) is 12.3 Å². The van der Waals surface area contributed by atoms with Crippen LogP contribution in [0.5, 0.6) is 5.75 Å². The molecule has 106 valence electrons. The van der Waals surface area contributed by atoms with E-state index in [0.29, 0.717) is 11.6 Å². The summed E-state index contributed by atoms with van der Waals surface area (Å²) < 4.78 is 5.14. The second kappa shape index (κ2) is 5.80. The number of aromatic amines is 1. The number of rotatable bonds is 4. The van der Waals surface area contributed by atoms with Crippen LogP contribution in [0.15, 0.2) is 42.6 Å². The third kappa shape index (κ3) is 3.11. The number of ether oxygens (including phenoxy) is 1. The van der Waals surface area contributed by atoms with Crippen molar-refractivity contribution in [3.8, 4) is 17.0 Å². The fourth-order valence-corrected chi connectivity index (χ4v) is 1.99. The van der Waals surface area contributed by atoms with E-state index in [-0.39, 0.29) is 5.28 Å². The summed E-state index contributed by atoms with van der Waals surface area (Å²) in [5.41, 5.74) is 1.90. The molecule has 6 nitrogen and oxygen atoms in total. The summed E-state index contributed by atoms with van der Waals surface area (Å²) in [7, 11) is 1.64. The number of hydrogen-bond donors (Lipinski definition) is 2. The normalized spacial score (nSPS) is 10.4. The molecule has 3 aromatic rings. The summed E-state index contributed by atoms with van der Waals surface area (Å²) in [6.07, 6.45) is 1.58. The highest BCUT2D eigenvalue weighted by Crippen LogP contribution is 2.23. The minimum atomic E-state index is 0.186. The van der Waals surface area contributed by atoms with Gasteiger partial charge in [0.05, 0.1) is 12.8 Å². The van der Waals surface area contributed by atoms with Gasteiger partial charge in [-0.2, -0.15) is 5.10 Å². The van der Waals surface area contributed by atoms with Gasteiger partial charge in [0.1, 0.15) is 11.6 Å². The van der Waals surface area contributed by atoms with Crippen LogP contribution in [0.2, 0.25) is 5.28 Å². The van der Waals surface area contributed by atoms with Crippen LogP contribution in [0.25, 0.3) is 11.3 Å². The molecule has 2 N–H and O–H groups in total. The van der Waals surface area contributed by atoms with Crippen molar-refractivity contribution >= 4 is 23.2 Å². The van der Waals surface area contributed by atoms with Crippen molar-refractivity contribution in [3.63, 3.8) is 0 Å². The van der Waals surface area contributed by atoms with Crippen LogP contribution < -0.4 is 10.1 Å². The quantitative estimate of drug-likeness (QED) is 0.723. The van der Waals surface area contributed by atoms with Crippen LogP contribution >= 0.6 is 11.6 Å². The first-order chi connectivity index (χ1) is 10.2. The second-order valence-electron chi connectivity index (χ2n) is 4.23. The van der Waals surface area contributed by atoms with Crippen LogP contribution in [0, 0.1) is 0 Å². The van der Waals surface area contributed by atoms with Gasteiger partial charge >= 0.3 is 0 Å². The Labute approximate surface area is 126 Å². The predicted molar refractivity (Wildman–Crippen MR) is 80.9 cm³/mol. The lowest BCUT2D eigenvalue weighted by atomic mass is 10.1. The molecule has 2 aromatic heterocycles. The topological polar surface area (TPSA) is 75.7 Å². The van der Waals surface area contributed by atoms with E-state index in [2.05, 4.69) is 25.5 Å². The highest BCUT2D eigenvalue weighted by Gasteiger charge is 2.05. The minimum absolute atomic E-state index is 0.186. The maximum atomic E-state index is 5.74. The maximum Gasteiger partial charge on any atom is 0.224 e. The van der Waals surface area contributed by atoms with Crippen LogP contribution in [0.3, 0.4) is 0 Å². The molecular weight excluding hydrogens is 290 g/mol. The second-order valence-corrected chi connectivity index (χ2v) is 4.57. The fraction of sp³-hybridized carbons (Fsp3) is 0.0714. The predicted octanol–water partition coefficient (Wildman–Crippen LogP) is 3.27.